The van der Waals surface area contributed by atoms with Gasteiger partial charge >= 0.3 is 0 Å². The molecule has 24 heavy (non-hydrogen) atoms. The lowest BCUT2D eigenvalue weighted by Crippen LogP contribution is -2.04. The van der Waals surface area contributed by atoms with E-state index in [-0.39, 0.29) is 13.5 Å². The number of nitrogens with one attached hydrogen (secondary N) is 1. The molecule has 3 rings (SSSR count). The van der Waals surface area contributed by atoms with E-state index >= 15 is 0 Å². The molecule has 0 aliphatic carbocycles. The molecule has 2 heterocycles. The van der Waals surface area contributed by atoms with Gasteiger partial charge in [-0.25, -0.2) is 4.98 Å². The minimum absolute atomic E-state index is 0. The third-order valence-corrected chi connectivity index (χ3v) is 5.31. The van der Waals surface area contributed by atoms with Crippen molar-refractivity contribution in [3.63, 3.8) is 0 Å². The van der Waals surface area contributed by atoms with Crippen molar-refractivity contribution >= 4 is 35.3 Å². The Morgan fingerprint density at radius 3 is 2.67 bits per heavy atom. The van der Waals surface area contributed by atoms with Crippen LogP contribution >= 0.6 is 13.5 Å². The van der Waals surface area contributed by atoms with Crippen LogP contribution in [0.15, 0.2) is 29.6 Å². The lowest BCUT2D eigenvalue weighted by molar-refractivity contribution is 0.415. The van der Waals surface area contributed by atoms with Gasteiger partial charge in [0.25, 0.3) is 0 Å². The topological polar surface area (TPSA) is 67.9 Å². The quantitative estimate of drug-likeness (QED) is 0.772. The van der Waals surface area contributed by atoms with E-state index in [0.717, 1.165) is 33.6 Å². The number of aromatic nitrogens is 3. The molecular formula is C17H21N3O2S2. The number of ether oxygens (including phenoxy) is 1. The van der Waals surface area contributed by atoms with Gasteiger partial charge in [0.05, 0.1) is 40.4 Å². The van der Waals surface area contributed by atoms with Gasteiger partial charge in [0.15, 0.2) is 5.16 Å². The van der Waals surface area contributed by atoms with Crippen LogP contribution in [0, 0.1) is 20.8 Å². The molecule has 7 heteroatoms. The molecule has 0 aliphatic rings. The first-order chi connectivity index (χ1) is 11.0. The average Bonchev–Trinajstić information content (AvgIpc) is 2.98. The first kappa shape index (κ1) is 18.5. The van der Waals surface area contributed by atoms with Gasteiger partial charge in [-0.1, -0.05) is 0 Å². The molecule has 128 valence electrons. The lowest BCUT2D eigenvalue weighted by atomic mass is 10.1. The van der Waals surface area contributed by atoms with Crippen LogP contribution < -0.4 is 4.74 Å². The summed E-state index contributed by atoms with van der Waals surface area (Å²) < 4.78 is 17.8. The second-order valence-corrected chi connectivity index (χ2v) is 6.92. The maximum Gasteiger partial charge on any atom is 0.197 e. The van der Waals surface area contributed by atoms with Crippen molar-refractivity contribution in [2.45, 2.75) is 31.7 Å². The highest BCUT2D eigenvalue weighted by Gasteiger charge is 2.14. The number of pyridine rings is 1. The summed E-state index contributed by atoms with van der Waals surface area (Å²) in [5.74, 6) is 1.09. The van der Waals surface area contributed by atoms with E-state index in [1.54, 1.807) is 7.11 Å². The first-order valence-corrected chi connectivity index (χ1v) is 8.65. The van der Waals surface area contributed by atoms with Crippen molar-refractivity contribution < 1.29 is 8.95 Å². The molecule has 5 nitrogen and oxygen atoms in total. The largest absolute Gasteiger partial charge is 0.497 e. The first-order valence-electron chi connectivity index (χ1n) is 7.33. The summed E-state index contributed by atoms with van der Waals surface area (Å²) in [4.78, 5) is 12.0. The second-order valence-electron chi connectivity index (χ2n) is 5.55. The number of benzene rings is 1. The second kappa shape index (κ2) is 7.36. The van der Waals surface area contributed by atoms with Crippen LogP contribution in [-0.2, 0) is 16.6 Å². The summed E-state index contributed by atoms with van der Waals surface area (Å²) in [6, 6.07) is 5.54. The molecule has 3 aromatic rings. The molecule has 0 spiro atoms. The smallest absolute Gasteiger partial charge is 0.197 e. The van der Waals surface area contributed by atoms with Gasteiger partial charge < -0.3 is 9.72 Å². The predicted molar refractivity (Wildman–Crippen MR) is 102 cm³/mol. The Morgan fingerprint density at radius 1 is 1.21 bits per heavy atom. The third kappa shape index (κ3) is 3.47. The number of hydrogen-bond donors (Lipinski definition) is 1. The Hall–Kier alpha value is -1.86. The van der Waals surface area contributed by atoms with Gasteiger partial charge in [-0.3, -0.25) is 9.19 Å². The van der Waals surface area contributed by atoms with Crippen LogP contribution in [0.2, 0.25) is 0 Å². The maximum atomic E-state index is 12.6. The van der Waals surface area contributed by atoms with Gasteiger partial charge in [-0.05, 0) is 49.6 Å². The minimum Gasteiger partial charge on any atom is -0.497 e. The molecule has 0 saturated heterocycles. The molecule has 1 N–H and O–H groups in total. The number of nitrogens with zero attached hydrogens (tertiary/aromatic N) is 2. The molecule has 0 bridgehead atoms. The van der Waals surface area contributed by atoms with Gasteiger partial charge in [0.1, 0.15) is 5.75 Å². The molecule has 0 saturated carbocycles. The van der Waals surface area contributed by atoms with Crippen molar-refractivity contribution in [2.24, 2.45) is 0 Å². The Morgan fingerprint density at radius 2 is 1.96 bits per heavy atom. The molecule has 1 atom stereocenters. The molecule has 1 aromatic carbocycles. The molecule has 1 unspecified atom stereocenters. The number of H-pyrrole nitrogens is 1. The van der Waals surface area contributed by atoms with E-state index in [4.69, 9.17) is 4.74 Å². The van der Waals surface area contributed by atoms with Crippen LogP contribution in [0.25, 0.3) is 11.0 Å². The van der Waals surface area contributed by atoms with Crippen molar-refractivity contribution in [3.8, 4) is 5.75 Å². The van der Waals surface area contributed by atoms with Crippen LogP contribution in [0.5, 0.6) is 5.75 Å². The lowest BCUT2D eigenvalue weighted by Gasteiger charge is -2.09. The van der Waals surface area contributed by atoms with Crippen molar-refractivity contribution in [1.29, 1.82) is 0 Å². The zero-order valence-electron chi connectivity index (χ0n) is 14.1. The maximum absolute atomic E-state index is 12.6. The number of fused-ring (bicyclic) bond motifs is 1. The van der Waals surface area contributed by atoms with E-state index in [0.29, 0.717) is 10.9 Å². The zero-order valence-corrected chi connectivity index (χ0v) is 16.0. The van der Waals surface area contributed by atoms with E-state index in [2.05, 4.69) is 21.9 Å². The molecular weight excluding hydrogens is 342 g/mol. The van der Waals surface area contributed by atoms with Crippen LogP contribution in [-0.4, -0.2) is 26.3 Å². The summed E-state index contributed by atoms with van der Waals surface area (Å²) in [5.41, 5.74) is 5.88. The van der Waals surface area contributed by atoms with Gasteiger partial charge in [-0.2, -0.15) is 13.5 Å². The minimum atomic E-state index is -1.27. The number of aromatic amines is 1. The summed E-state index contributed by atoms with van der Waals surface area (Å²) >= 11 is 0. The normalized spacial score (nSPS) is 12.0. The van der Waals surface area contributed by atoms with Gasteiger partial charge in [-0.15, -0.1) is 0 Å². The fourth-order valence-electron chi connectivity index (χ4n) is 2.42. The SMILES string of the molecule is COc1ccc2nc(S(=O)Cc3ncc(C)c(C)c3C)[nH]c2c1.S. The highest BCUT2D eigenvalue weighted by molar-refractivity contribution is 7.84. The number of methoxy groups -OCH3 is 1. The molecule has 0 fully saturated rings. The van der Waals surface area contributed by atoms with E-state index in [1.807, 2.05) is 38.2 Å². The van der Waals surface area contributed by atoms with Crippen molar-refractivity contribution in [1.82, 2.24) is 15.0 Å². The number of hydrogen-bond acceptors (Lipinski definition) is 4. The number of rotatable bonds is 4. The van der Waals surface area contributed by atoms with E-state index in [9.17, 15) is 4.21 Å². The summed E-state index contributed by atoms with van der Waals surface area (Å²) in [5, 5.41) is 0.465. The Balaban J connectivity index is 0.00000208. The fraction of sp³-hybridized carbons (Fsp3) is 0.294. The highest BCUT2D eigenvalue weighted by Crippen LogP contribution is 2.22. The van der Waals surface area contributed by atoms with Crippen LogP contribution in [0.3, 0.4) is 0 Å². The van der Waals surface area contributed by atoms with Gasteiger partial charge in [0, 0.05) is 12.3 Å². The summed E-state index contributed by atoms with van der Waals surface area (Å²) in [6.07, 6.45) is 1.83. The Kier molecular flexibility index (Phi) is 5.66. The van der Waals surface area contributed by atoms with Crippen molar-refractivity contribution in [3.05, 3.63) is 46.8 Å². The standard InChI is InChI=1S/C17H19N3O2S.H2S/c1-10-8-18-16(12(3)11(10)2)9-23(21)17-19-14-6-5-13(22-4)7-15(14)20-17;/h5-8H,9H2,1-4H3,(H,19,20);1H2. The van der Waals surface area contributed by atoms with Crippen LogP contribution in [0.1, 0.15) is 22.4 Å². The number of aryl methyl sites for hydroxylation is 1. The van der Waals surface area contributed by atoms with Crippen molar-refractivity contribution in [2.75, 3.05) is 7.11 Å². The van der Waals surface area contributed by atoms with Crippen LogP contribution in [0.4, 0.5) is 0 Å². The van der Waals surface area contributed by atoms with Gasteiger partial charge in [0.2, 0.25) is 0 Å². The molecule has 0 aliphatic heterocycles. The van der Waals surface area contributed by atoms with E-state index < -0.39 is 10.8 Å². The monoisotopic (exact) mass is 363 g/mol. The summed E-state index contributed by atoms with van der Waals surface area (Å²) in [7, 11) is 0.345. The molecule has 2 aromatic heterocycles. The Labute approximate surface area is 150 Å². The predicted octanol–water partition coefficient (Wildman–Crippen LogP) is 3.31. The molecule has 0 amide bonds. The summed E-state index contributed by atoms with van der Waals surface area (Å²) in [6.45, 7) is 6.11. The highest BCUT2D eigenvalue weighted by atomic mass is 32.2. The van der Waals surface area contributed by atoms with E-state index in [1.165, 1.54) is 5.56 Å². The number of imidazole rings is 1. The molecule has 0 radical (unpaired) electrons. The fourth-order valence-corrected chi connectivity index (χ4v) is 3.52. The third-order valence-electron chi connectivity index (χ3n) is 4.15. The Bertz CT molecular complexity index is 906. The zero-order chi connectivity index (χ0) is 16.6. The average molecular weight is 364 g/mol.